The molecular weight excluding hydrogens is 583 g/mol. The first-order chi connectivity index (χ1) is 20.7. The van der Waals surface area contributed by atoms with Crippen molar-refractivity contribution in [2.45, 2.75) is 45.8 Å². The Morgan fingerprint density at radius 2 is 1.66 bits per heavy atom. The third-order valence-electron chi connectivity index (χ3n) is 6.35. The summed E-state index contributed by atoms with van der Waals surface area (Å²) in [5, 5.41) is 19.1. The number of anilines is 1. The number of aliphatic carboxylic acids is 1. The molecule has 2 amide bonds. The molecule has 0 aliphatic heterocycles. The van der Waals surface area contributed by atoms with Gasteiger partial charge in [-0.2, -0.15) is 13.2 Å². The summed E-state index contributed by atoms with van der Waals surface area (Å²) in [6.07, 6.45) is -3.55. The van der Waals surface area contributed by atoms with Crippen LogP contribution >= 0.6 is 0 Å². The van der Waals surface area contributed by atoms with Gasteiger partial charge in [0, 0.05) is 32.6 Å². The first-order valence-electron chi connectivity index (χ1n) is 13.5. The molecule has 0 unspecified atom stereocenters. The van der Waals surface area contributed by atoms with Gasteiger partial charge in [-0.3, -0.25) is 0 Å². The number of carboxylic acids is 1. The second-order valence-electron chi connectivity index (χ2n) is 9.87. The standard InChI is InChI=1S/C28H31N5O4.C2HF3O2/c1-5-6-11-25-31-26-23(16-22(18(2)29-26)30-27(34)32(3)4)33(25)17-19-12-14-20(15-13-19)21-9-7-8-10-24(21)37-28(35)36;3-2(4,5)1(6)7/h7-10,12-16H,5-6,11,17H2,1-4H3,(H,30,34)(H,35,36);(H,6,7). The van der Waals surface area contributed by atoms with Crippen LogP contribution in [-0.2, 0) is 17.8 Å². The molecule has 2 aromatic carbocycles. The Bertz CT molecular complexity index is 1630. The van der Waals surface area contributed by atoms with Gasteiger partial charge < -0.3 is 29.7 Å². The third-order valence-corrected chi connectivity index (χ3v) is 6.35. The van der Waals surface area contributed by atoms with Crippen molar-refractivity contribution >= 4 is 35.0 Å². The van der Waals surface area contributed by atoms with Gasteiger partial charge in [0.15, 0.2) is 5.65 Å². The van der Waals surface area contributed by atoms with Crippen molar-refractivity contribution in [1.29, 1.82) is 0 Å². The number of amides is 2. The maximum Gasteiger partial charge on any atom is 0.511 e. The largest absolute Gasteiger partial charge is 0.511 e. The van der Waals surface area contributed by atoms with Crippen LogP contribution in [0, 0.1) is 6.92 Å². The van der Waals surface area contributed by atoms with E-state index < -0.39 is 18.3 Å². The van der Waals surface area contributed by atoms with Crippen LogP contribution in [0.3, 0.4) is 0 Å². The van der Waals surface area contributed by atoms with Gasteiger partial charge in [0.1, 0.15) is 11.6 Å². The van der Waals surface area contributed by atoms with Crippen molar-refractivity contribution in [2.24, 2.45) is 0 Å². The number of imidazole rings is 1. The smallest absolute Gasteiger partial charge is 0.475 e. The average Bonchev–Trinajstić information content (AvgIpc) is 3.27. The molecule has 0 atom stereocenters. The van der Waals surface area contributed by atoms with Gasteiger partial charge >= 0.3 is 24.3 Å². The van der Waals surface area contributed by atoms with Crippen LogP contribution in [0.1, 0.15) is 36.8 Å². The molecule has 4 aromatic rings. The maximum absolute atomic E-state index is 12.3. The number of carbonyl (C=O) groups is 3. The summed E-state index contributed by atoms with van der Waals surface area (Å²) >= 11 is 0. The van der Waals surface area contributed by atoms with Crippen LogP contribution in [0.15, 0.2) is 54.6 Å². The highest BCUT2D eigenvalue weighted by Crippen LogP contribution is 2.31. The minimum atomic E-state index is -5.08. The Labute approximate surface area is 250 Å². The summed E-state index contributed by atoms with van der Waals surface area (Å²) < 4.78 is 38.8. The van der Waals surface area contributed by atoms with Crippen molar-refractivity contribution in [3.8, 4) is 16.9 Å². The fraction of sp³-hybridized carbons (Fsp3) is 0.300. The van der Waals surface area contributed by atoms with E-state index in [-0.39, 0.29) is 6.03 Å². The zero-order chi connectivity index (χ0) is 32.6. The Morgan fingerprint density at radius 3 is 2.23 bits per heavy atom. The van der Waals surface area contributed by atoms with Crippen molar-refractivity contribution in [3.63, 3.8) is 0 Å². The molecule has 4 rings (SSSR count). The lowest BCUT2D eigenvalue weighted by molar-refractivity contribution is -0.192. The number of benzene rings is 2. The molecule has 2 heterocycles. The van der Waals surface area contributed by atoms with E-state index in [1.165, 1.54) is 4.90 Å². The number of carbonyl (C=O) groups excluding carboxylic acids is 1. The highest BCUT2D eigenvalue weighted by atomic mass is 19.4. The van der Waals surface area contributed by atoms with E-state index in [1.807, 2.05) is 49.4 Å². The maximum atomic E-state index is 12.3. The van der Waals surface area contributed by atoms with Crippen molar-refractivity contribution in [3.05, 3.63) is 71.7 Å². The van der Waals surface area contributed by atoms with E-state index in [0.29, 0.717) is 34.9 Å². The van der Waals surface area contributed by atoms with E-state index >= 15 is 0 Å². The lowest BCUT2D eigenvalue weighted by Gasteiger charge is -2.14. The van der Waals surface area contributed by atoms with Gasteiger partial charge in [-0.1, -0.05) is 55.8 Å². The number of unbranched alkanes of at least 4 members (excludes halogenated alkanes) is 1. The van der Waals surface area contributed by atoms with Gasteiger partial charge in [-0.05, 0) is 36.6 Å². The van der Waals surface area contributed by atoms with E-state index in [0.717, 1.165) is 41.7 Å². The van der Waals surface area contributed by atoms with Gasteiger partial charge in [0.2, 0.25) is 0 Å². The highest BCUT2D eigenvalue weighted by molar-refractivity contribution is 5.91. The number of nitrogens with one attached hydrogen (secondary N) is 1. The Balaban J connectivity index is 0.000000676. The predicted molar refractivity (Wildman–Crippen MR) is 157 cm³/mol. The number of alkyl halides is 3. The highest BCUT2D eigenvalue weighted by Gasteiger charge is 2.38. The number of pyridine rings is 1. The number of ether oxygens (including phenoxy) is 1. The van der Waals surface area contributed by atoms with E-state index in [2.05, 4.69) is 21.8 Å². The molecule has 2 aromatic heterocycles. The Kier molecular flexibility index (Phi) is 10.9. The van der Waals surface area contributed by atoms with Crippen LogP contribution in [0.4, 0.5) is 28.4 Å². The molecule has 3 N–H and O–H groups in total. The van der Waals surface area contributed by atoms with Gasteiger partial charge in [-0.25, -0.2) is 24.4 Å². The number of fused-ring (bicyclic) bond motifs is 1. The topological polar surface area (TPSA) is 147 Å². The summed E-state index contributed by atoms with van der Waals surface area (Å²) in [6, 6.07) is 16.7. The number of aryl methyl sites for hydroxylation is 2. The first kappa shape index (κ1) is 33.4. The molecule has 0 fully saturated rings. The zero-order valence-electron chi connectivity index (χ0n) is 24.5. The fourth-order valence-electron chi connectivity index (χ4n) is 4.10. The molecule has 0 radical (unpaired) electrons. The van der Waals surface area contributed by atoms with Crippen molar-refractivity contribution in [1.82, 2.24) is 19.4 Å². The second kappa shape index (κ2) is 14.4. The molecule has 44 heavy (non-hydrogen) atoms. The van der Waals surface area contributed by atoms with Crippen LogP contribution in [0.5, 0.6) is 5.75 Å². The molecule has 0 aliphatic carbocycles. The predicted octanol–water partition coefficient (Wildman–Crippen LogP) is 6.58. The Hall–Kier alpha value is -5.14. The number of hydrogen-bond donors (Lipinski definition) is 3. The monoisotopic (exact) mass is 615 g/mol. The molecular formula is C30H32F3N5O6. The summed E-state index contributed by atoms with van der Waals surface area (Å²) in [5.41, 5.74) is 5.48. The molecule has 14 heteroatoms. The van der Waals surface area contributed by atoms with Crippen LogP contribution in [0.2, 0.25) is 0 Å². The van der Waals surface area contributed by atoms with Gasteiger partial charge in [0.05, 0.1) is 16.9 Å². The minimum absolute atomic E-state index is 0.218. The third kappa shape index (κ3) is 8.69. The van der Waals surface area contributed by atoms with Crippen molar-refractivity contribution < 1.29 is 42.5 Å². The number of rotatable bonds is 8. The zero-order valence-corrected chi connectivity index (χ0v) is 24.5. The number of aromatic nitrogens is 3. The lowest BCUT2D eigenvalue weighted by Crippen LogP contribution is -2.27. The average molecular weight is 616 g/mol. The molecule has 0 bridgehead atoms. The molecule has 0 saturated heterocycles. The minimum Gasteiger partial charge on any atom is -0.475 e. The van der Waals surface area contributed by atoms with Gasteiger partial charge in [0.25, 0.3) is 0 Å². The summed E-state index contributed by atoms with van der Waals surface area (Å²) in [6.45, 7) is 4.59. The molecule has 0 saturated carbocycles. The van der Waals surface area contributed by atoms with Crippen LogP contribution in [0.25, 0.3) is 22.3 Å². The molecule has 11 nitrogen and oxygen atoms in total. The lowest BCUT2D eigenvalue weighted by atomic mass is 10.0. The quantitative estimate of drug-likeness (QED) is 0.149. The van der Waals surface area contributed by atoms with E-state index in [9.17, 15) is 22.8 Å². The molecule has 234 valence electrons. The van der Waals surface area contributed by atoms with Crippen molar-refractivity contribution in [2.75, 3.05) is 19.4 Å². The summed E-state index contributed by atoms with van der Waals surface area (Å²) in [4.78, 5) is 43.2. The summed E-state index contributed by atoms with van der Waals surface area (Å²) in [5.74, 6) is -1.52. The number of urea groups is 1. The molecule has 0 aliphatic rings. The fourth-order valence-corrected chi connectivity index (χ4v) is 4.10. The number of nitrogens with zero attached hydrogens (tertiary/aromatic N) is 4. The number of carboxylic acid groups (broad SMARTS) is 2. The SMILES string of the molecule is CCCCc1nc2nc(C)c(NC(=O)N(C)C)cc2n1Cc1ccc(-c2ccccc2OC(=O)O)cc1.O=C(O)C(F)(F)F. The number of para-hydroxylation sites is 1. The second-order valence-corrected chi connectivity index (χ2v) is 9.87. The van der Waals surface area contributed by atoms with E-state index in [1.54, 1.807) is 26.2 Å². The van der Waals surface area contributed by atoms with E-state index in [4.69, 9.17) is 24.7 Å². The first-order valence-corrected chi connectivity index (χ1v) is 13.5. The number of halogens is 3. The Morgan fingerprint density at radius 1 is 1.02 bits per heavy atom. The van der Waals surface area contributed by atoms with Crippen LogP contribution < -0.4 is 10.1 Å². The summed E-state index contributed by atoms with van der Waals surface area (Å²) in [7, 11) is 3.39. The van der Waals surface area contributed by atoms with Crippen LogP contribution in [-0.4, -0.2) is 68.1 Å². The number of hydrogen-bond acceptors (Lipinski definition) is 6. The van der Waals surface area contributed by atoms with Gasteiger partial charge in [-0.15, -0.1) is 0 Å². The normalized spacial score (nSPS) is 11.0. The molecule has 0 spiro atoms.